The third kappa shape index (κ3) is 42.4. The van der Waals surface area contributed by atoms with Crippen LogP contribution in [-0.4, -0.2) is 70.7 Å². The van der Waals surface area contributed by atoms with E-state index in [0.29, 0.717) is 24.1 Å². The van der Waals surface area contributed by atoms with E-state index in [4.69, 9.17) is 18.5 Å². The van der Waals surface area contributed by atoms with Gasteiger partial charge in [0, 0.05) is 13.0 Å². The van der Waals surface area contributed by atoms with Gasteiger partial charge in [-0.1, -0.05) is 187 Å². The van der Waals surface area contributed by atoms with Crippen molar-refractivity contribution >= 4 is 13.8 Å². The van der Waals surface area contributed by atoms with Crippen molar-refractivity contribution in [3.8, 4) is 0 Å². The molecule has 0 fully saturated rings. The first-order valence-electron chi connectivity index (χ1n) is 22.9. The smallest absolute Gasteiger partial charge is 0.306 e. The Labute approximate surface area is 335 Å². The zero-order valence-electron chi connectivity index (χ0n) is 36.4. The molecule has 0 radical (unpaired) electrons. The highest BCUT2D eigenvalue weighted by atomic mass is 31.2. The minimum atomic E-state index is -4.52. The summed E-state index contributed by atoms with van der Waals surface area (Å²) >= 11 is 0. The molecular formula is C45H90NO7P. The summed E-state index contributed by atoms with van der Waals surface area (Å²) in [6, 6.07) is 0. The minimum absolute atomic E-state index is 0.0280. The molecule has 9 heteroatoms. The highest BCUT2D eigenvalue weighted by molar-refractivity contribution is 7.45. The monoisotopic (exact) mass is 788 g/mol. The number of unbranched alkanes of at least 4 members (excludes halogenated alkanes) is 27. The molecule has 0 amide bonds. The van der Waals surface area contributed by atoms with E-state index in [2.05, 4.69) is 26.0 Å². The van der Waals surface area contributed by atoms with E-state index in [1.807, 2.05) is 21.1 Å². The SMILES string of the molecule is CCC/C=C\CCCCCCCCOCC(COP(=O)([O-])OCC[N+](C)(C)C)OC(=O)CCCCCCCCCCCCCCCCCCCCCCC. The van der Waals surface area contributed by atoms with E-state index in [9.17, 15) is 14.3 Å². The molecule has 0 aromatic rings. The first-order chi connectivity index (χ1) is 26.1. The van der Waals surface area contributed by atoms with Gasteiger partial charge in [-0.25, -0.2) is 0 Å². The molecule has 0 spiro atoms. The molecule has 2 unspecified atom stereocenters. The number of ether oxygens (including phenoxy) is 2. The molecule has 0 aliphatic rings. The predicted octanol–water partition coefficient (Wildman–Crippen LogP) is 12.8. The largest absolute Gasteiger partial charge is 0.756 e. The second-order valence-electron chi connectivity index (χ2n) is 16.8. The number of hydrogen-bond acceptors (Lipinski definition) is 7. The van der Waals surface area contributed by atoms with Crippen molar-refractivity contribution in [3.05, 3.63) is 12.2 Å². The number of nitrogens with zero attached hydrogens (tertiary/aromatic N) is 1. The van der Waals surface area contributed by atoms with Gasteiger partial charge in [-0.15, -0.1) is 0 Å². The van der Waals surface area contributed by atoms with Crippen molar-refractivity contribution < 1.29 is 37.3 Å². The van der Waals surface area contributed by atoms with Gasteiger partial charge in [0.1, 0.15) is 19.3 Å². The Balaban J connectivity index is 4.09. The summed E-state index contributed by atoms with van der Waals surface area (Å²) in [6.07, 6.45) is 42.3. The summed E-state index contributed by atoms with van der Waals surface area (Å²) in [5.41, 5.74) is 0. The van der Waals surface area contributed by atoms with Crippen molar-refractivity contribution in [2.45, 2.75) is 219 Å². The van der Waals surface area contributed by atoms with Crippen LogP contribution in [0.25, 0.3) is 0 Å². The Bertz CT molecular complexity index is 879. The Kier molecular flexibility index (Phi) is 38.5. The van der Waals surface area contributed by atoms with Crippen LogP contribution in [0.1, 0.15) is 213 Å². The van der Waals surface area contributed by atoms with Gasteiger partial charge in [0.2, 0.25) is 0 Å². The van der Waals surface area contributed by atoms with E-state index < -0.39 is 13.9 Å². The van der Waals surface area contributed by atoms with E-state index >= 15 is 0 Å². The molecule has 0 aliphatic carbocycles. The third-order valence-electron chi connectivity index (χ3n) is 10.0. The number of phosphoric acid groups is 1. The molecule has 0 rings (SSSR count). The average molecular weight is 788 g/mol. The molecule has 0 saturated heterocycles. The van der Waals surface area contributed by atoms with Crippen LogP contribution in [0, 0.1) is 0 Å². The van der Waals surface area contributed by atoms with Crippen LogP contribution in [0.5, 0.6) is 0 Å². The maximum absolute atomic E-state index is 12.7. The number of carbonyl (C=O) groups is 1. The first-order valence-corrected chi connectivity index (χ1v) is 24.4. The van der Waals surface area contributed by atoms with Gasteiger partial charge in [-0.2, -0.15) is 0 Å². The second kappa shape index (κ2) is 39.1. The quantitative estimate of drug-likeness (QED) is 0.0200. The summed E-state index contributed by atoms with van der Waals surface area (Å²) in [6.45, 7) is 5.38. The fourth-order valence-corrected chi connectivity index (χ4v) is 7.22. The Morgan fingerprint density at radius 1 is 0.556 bits per heavy atom. The van der Waals surface area contributed by atoms with Crippen molar-refractivity contribution in [1.82, 2.24) is 0 Å². The molecule has 8 nitrogen and oxygen atoms in total. The number of carbonyl (C=O) groups excluding carboxylic acids is 1. The van der Waals surface area contributed by atoms with Gasteiger partial charge in [-0.05, 0) is 32.1 Å². The molecule has 0 aliphatic heterocycles. The molecule has 2 atom stereocenters. The molecule has 0 bridgehead atoms. The highest BCUT2D eigenvalue weighted by Gasteiger charge is 2.20. The summed E-state index contributed by atoms with van der Waals surface area (Å²) in [5, 5.41) is 0. The molecule has 0 aromatic carbocycles. The summed E-state index contributed by atoms with van der Waals surface area (Å²) in [5.74, 6) is -0.332. The highest BCUT2D eigenvalue weighted by Crippen LogP contribution is 2.38. The Morgan fingerprint density at radius 3 is 1.48 bits per heavy atom. The lowest BCUT2D eigenvalue weighted by molar-refractivity contribution is -0.870. The Morgan fingerprint density at radius 2 is 1.00 bits per heavy atom. The number of esters is 1. The number of allylic oxidation sites excluding steroid dienone is 2. The lowest BCUT2D eigenvalue weighted by Gasteiger charge is -2.28. The second-order valence-corrected chi connectivity index (χ2v) is 18.2. The normalized spacial score (nSPS) is 13.8. The molecule has 0 N–H and O–H groups in total. The fourth-order valence-electron chi connectivity index (χ4n) is 6.49. The van der Waals surface area contributed by atoms with Gasteiger partial charge in [-0.3, -0.25) is 9.36 Å². The lowest BCUT2D eigenvalue weighted by atomic mass is 10.0. The first kappa shape index (κ1) is 53.2. The van der Waals surface area contributed by atoms with Crippen molar-refractivity contribution in [2.24, 2.45) is 0 Å². The molecule has 54 heavy (non-hydrogen) atoms. The van der Waals surface area contributed by atoms with Crippen LogP contribution in [-0.2, 0) is 27.9 Å². The van der Waals surface area contributed by atoms with Crippen LogP contribution in [0.2, 0.25) is 0 Å². The standard InChI is InChI=1S/C45H90NO7P/c1-6-8-10-12-14-16-18-19-20-21-22-23-24-25-26-27-28-30-32-34-36-38-45(47)53-44(43-52-54(48,49)51-41-39-46(3,4)5)42-50-40-37-35-33-31-29-17-15-13-11-9-7-2/h11,13,44H,6-10,12,14-43H2,1-5H3/b13-11-. The van der Waals surface area contributed by atoms with Crippen molar-refractivity contribution in [3.63, 3.8) is 0 Å². The minimum Gasteiger partial charge on any atom is -0.756 e. The number of rotatable bonds is 43. The van der Waals surface area contributed by atoms with Crippen LogP contribution in [0.15, 0.2) is 12.2 Å². The summed E-state index contributed by atoms with van der Waals surface area (Å²) in [4.78, 5) is 25.0. The van der Waals surface area contributed by atoms with Crippen molar-refractivity contribution in [1.29, 1.82) is 0 Å². The van der Waals surface area contributed by atoms with Gasteiger partial charge in [0.05, 0.1) is 34.4 Å². The van der Waals surface area contributed by atoms with E-state index in [-0.39, 0.29) is 25.8 Å². The van der Waals surface area contributed by atoms with Gasteiger partial charge in [0.15, 0.2) is 0 Å². The predicted molar refractivity (Wildman–Crippen MR) is 227 cm³/mol. The maximum Gasteiger partial charge on any atom is 0.306 e. The van der Waals surface area contributed by atoms with E-state index in [1.54, 1.807) is 0 Å². The van der Waals surface area contributed by atoms with Gasteiger partial charge >= 0.3 is 5.97 Å². The number of phosphoric ester groups is 1. The molecule has 0 saturated carbocycles. The number of likely N-dealkylation sites (N-methyl/N-ethyl adjacent to an activating group) is 1. The van der Waals surface area contributed by atoms with E-state index in [1.165, 1.54) is 161 Å². The molecule has 0 aromatic heterocycles. The van der Waals surface area contributed by atoms with Crippen LogP contribution < -0.4 is 4.89 Å². The zero-order valence-corrected chi connectivity index (χ0v) is 37.3. The number of quaternary nitrogens is 1. The Hall–Kier alpha value is -0.760. The summed E-state index contributed by atoms with van der Waals surface area (Å²) in [7, 11) is 1.36. The average Bonchev–Trinajstić information content (AvgIpc) is 3.12. The number of hydrogen-bond donors (Lipinski definition) is 0. The third-order valence-corrected chi connectivity index (χ3v) is 11.0. The fraction of sp³-hybridized carbons (Fsp3) is 0.933. The van der Waals surface area contributed by atoms with Crippen LogP contribution in [0.4, 0.5) is 0 Å². The van der Waals surface area contributed by atoms with Crippen LogP contribution >= 0.6 is 7.82 Å². The zero-order chi connectivity index (χ0) is 39.9. The van der Waals surface area contributed by atoms with Gasteiger partial charge in [0.25, 0.3) is 7.82 Å². The van der Waals surface area contributed by atoms with Crippen LogP contribution in [0.3, 0.4) is 0 Å². The van der Waals surface area contributed by atoms with Crippen molar-refractivity contribution in [2.75, 3.05) is 54.1 Å². The molecule has 0 heterocycles. The van der Waals surface area contributed by atoms with Gasteiger partial charge < -0.3 is 27.9 Å². The van der Waals surface area contributed by atoms with E-state index in [0.717, 1.165) is 32.1 Å². The topological polar surface area (TPSA) is 94.1 Å². The maximum atomic E-state index is 12.7. The summed E-state index contributed by atoms with van der Waals surface area (Å²) < 4.78 is 34.6. The molecule has 322 valence electrons. The molecular weight excluding hydrogens is 697 g/mol. The lowest BCUT2D eigenvalue weighted by Crippen LogP contribution is -2.37.